The van der Waals surface area contributed by atoms with Gasteiger partial charge in [0.2, 0.25) is 0 Å². The molecule has 0 saturated carbocycles. The van der Waals surface area contributed by atoms with E-state index in [1.54, 1.807) is 0 Å². The fraction of sp³-hybridized carbons (Fsp3) is 0.381. The van der Waals surface area contributed by atoms with Crippen LogP contribution in [0.15, 0.2) is 42.5 Å². The van der Waals surface area contributed by atoms with E-state index in [4.69, 9.17) is 9.47 Å². The Kier molecular flexibility index (Phi) is 6.40. The smallest absolute Gasteiger partial charge is 0.254 e. The van der Waals surface area contributed by atoms with Crippen LogP contribution in [0.2, 0.25) is 0 Å². The summed E-state index contributed by atoms with van der Waals surface area (Å²) in [7, 11) is 0. The minimum atomic E-state index is 0.109. The molecule has 0 unspecified atom stereocenters. The highest BCUT2D eigenvalue weighted by Crippen LogP contribution is 2.29. The SMILES string of the molecule is CCOc1ccccc1OC1CCN(C(=O)c2cccc(C)c2I)CC1. The molecule has 1 saturated heterocycles. The minimum Gasteiger partial charge on any atom is -0.490 e. The van der Waals surface area contributed by atoms with Crippen molar-refractivity contribution in [2.24, 2.45) is 0 Å². The molecular weight excluding hydrogens is 441 g/mol. The highest BCUT2D eigenvalue weighted by molar-refractivity contribution is 14.1. The third-order valence-corrected chi connectivity index (χ3v) is 6.03. The van der Waals surface area contributed by atoms with Gasteiger partial charge < -0.3 is 14.4 Å². The van der Waals surface area contributed by atoms with Crippen molar-refractivity contribution in [2.75, 3.05) is 19.7 Å². The molecular formula is C21H24INO3. The molecule has 2 aromatic carbocycles. The predicted molar refractivity (Wildman–Crippen MR) is 111 cm³/mol. The summed E-state index contributed by atoms with van der Waals surface area (Å²) in [6.07, 6.45) is 1.76. The number of nitrogens with zero attached hydrogens (tertiary/aromatic N) is 1. The second-order valence-corrected chi connectivity index (χ2v) is 7.50. The summed E-state index contributed by atoms with van der Waals surface area (Å²) in [5.74, 6) is 1.68. The highest BCUT2D eigenvalue weighted by atomic mass is 127. The molecule has 0 spiro atoms. The van der Waals surface area contributed by atoms with Crippen LogP contribution in [0, 0.1) is 10.5 Å². The average Bonchev–Trinajstić information content (AvgIpc) is 2.66. The van der Waals surface area contributed by atoms with Crippen LogP contribution in [0.4, 0.5) is 0 Å². The monoisotopic (exact) mass is 465 g/mol. The van der Waals surface area contributed by atoms with Gasteiger partial charge in [0.05, 0.1) is 12.2 Å². The Hall–Kier alpha value is -1.76. The van der Waals surface area contributed by atoms with Crippen molar-refractivity contribution in [1.29, 1.82) is 0 Å². The van der Waals surface area contributed by atoms with Crippen LogP contribution in [0.5, 0.6) is 11.5 Å². The Morgan fingerprint density at radius 3 is 2.50 bits per heavy atom. The summed E-state index contributed by atoms with van der Waals surface area (Å²) in [5.41, 5.74) is 1.94. The van der Waals surface area contributed by atoms with Crippen molar-refractivity contribution >= 4 is 28.5 Å². The van der Waals surface area contributed by atoms with Gasteiger partial charge in [-0.05, 0) is 60.2 Å². The number of carbonyl (C=O) groups is 1. The van der Waals surface area contributed by atoms with Gasteiger partial charge in [-0.1, -0.05) is 24.3 Å². The van der Waals surface area contributed by atoms with E-state index >= 15 is 0 Å². The molecule has 0 aliphatic carbocycles. The fourth-order valence-corrected chi connectivity index (χ4v) is 3.75. The van der Waals surface area contributed by atoms with Gasteiger partial charge in [-0.3, -0.25) is 4.79 Å². The molecule has 4 nitrogen and oxygen atoms in total. The molecule has 0 bridgehead atoms. The number of aryl methyl sites for hydroxylation is 1. The number of ether oxygens (including phenoxy) is 2. The first-order valence-corrected chi connectivity index (χ1v) is 10.1. The number of piperidine rings is 1. The maximum atomic E-state index is 12.8. The zero-order valence-corrected chi connectivity index (χ0v) is 17.4. The van der Waals surface area contributed by atoms with Crippen LogP contribution in [-0.2, 0) is 0 Å². The lowest BCUT2D eigenvalue weighted by atomic mass is 10.1. The lowest BCUT2D eigenvalue weighted by Gasteiger charge is -2.32. The van der Waals surface area contributed by atoms with E-state index in [2.05, 4.69) is 22.6 Å². The normalized spacial score (nSPS) is 15.0. The first kappa shape index (κ1) is 19.0. The molecule has 1 fully saturated rings. The van der Waals surface area contributed by atoms with E-state index in [9.17, 15) is 4.79 Å². The fourth-order valence-electron chi connectivity index (χ4n) is 3.16. The van der Waals surface area contributed by atoms with Crippen molar-refractivity contribution in [2.45, 2.75) is 32.8 Å². The number of amides is 1. The average molecular weight is 465 g/mol. The van der Waals surface area contributed by atoms with Gasteiger partial charge in [0.25, 0.3) is 5.91 Å². The van der Waals surface area contributed by atoms with Crippen LogP contribution in [0.1, 0.15) is 35.7 Å². The zero-order valence-electron chi connectivity index (χ0n) is 15.2. The first-order chi connectivity index (χ1) is 12.6. The molecule has 1 heterocycles. The quantitative estimate of drug-likeness (QED) is 0.602. The van der Waals surface area contributed by atoms with E-state index in [1.807, 2.05) is 61.2 Å². The number of hydrogen-bond donors (Lipinski definition) is 0. The molecule has 1 aliphatic heterocycles. The van der Waals surface area contributed by atoms with Crippen molar-refractivity contribution < 1.29 is 14.3 Å². The Labute approximate surface area is 168 Å². The summed E-state index contributed by atoms with van der Waals surface area (Å²) >= 11 is 2.26. The molecule has 0 N–H and O–H groups in total. The van der Waals surface area contributed by atoms with Gasteiger partial charge >= 0.3 is 0 Å². The van der Waals surface area contributed by atoms with Crippen molar-refractivity contribution in [3.8, 4) is 11.5 Å². The maximum Gasteiger partial charge on any atom is 0.254 e. The van der Waals surface area contributed by atoms with E-state index in [-0.39, 0.29) is 12.0 Å². The van der Waals surface area contributed by atoms with Crippen LogP contribution < -0.4 is 9.47 Å². The standard InChI is InChI=1S/C21H24INO3/c1-3-25-18-9-4-5-10-19(18)26-16-11-13-23(14-12-16)21(24)17-8-6-7-15(2)20(17)22/h4-10,16H,3,11-14H2,1-2H3. The largest absolute Gasteiger partial charge is 0.490 e. The minimum absolute atomic E-state index is 0.109. The molecule has 138 valence electrons. The molecule has 26 heavy (non-hydrogen) atoms. The van der Waals surface area contributed by atoms with Crippen molar-refractivity contribution in [3.63, 3.8) is 0 Å². The molecule has 3 rings (SSSR count). The van der Waals surface area contributed by atoms with Gasteiger partial charge in [0.15, 0.2) is 11.5 Å². The first-order valence-electron chi connectivity index (χ1n) is 9.03. The number of para-hydroxylation sites is 2. The molecule has 0 aromatic heterocycles. The Bertz CT molecular complexity index is 770. The third kappa shape index (κ3) is 4.31. The van der Waals surface area contributed by atoms with E-state index < -0.39 is 0 Å². The number of likely N-dealkylation sites (tertiary alicyclic amines) is 1. The molecule has 0 radical (unpaired) electrons. The van der Waals surface area contributed by atoms with Gasteiger partial charge in [-0.25, -0.2) is 0 Å². The zero-order chi connectivity index (χ0) is 18.5. The molecule has 0 atom stereocenters. The molecule has 5 heteroatoms. The summed E-state index contributed by atoms with van der Waals surface area (Å²) in [4.78, 5) is 14.8. The number of halogens is 1. The van der Waals surface area contributed by atoms with Gasteiger partial charge in [0.1, 0.15) is 6.10 Å². The second-order valence-electron chi connectivity index (χ2n) is 6.43. The van der Waals surface area contributed by atoms with Crippen molar-refractivity contribution in [3.05, 3.63) is 57.2 Å². The van der Waals surface area contributed by atoms with Gasteiger partial charge in [-0.2, -0.15) is 0 Å². The van der Waals surface area contributed by atoms with E-state index in [0.29, 0.717) is 19.7 Å². The highest BCUT2D eigenvalue weighted by Gasteiger charge is 2.26. The number of carbonyl (C=O) groups excluding carboxylic acids is 1. The summed E-state index contributed by atoms with van der Waals surface area (Å²) in [6.45, 7) is 6.04. The number of hydrogen-bond acceptors (Lipinski definition) is 3. The lowest BCUT2D eigenvalue weighted by Crippen LogP contribution is -2.42. The van der Waals surface area contributed by atoms with Crippen LogP contribution in [-0.4, -0.2) is 36.6 Å². The number of benzene rings is 2. The van der Waals surface area contributed by atoms with Gasteiger partial charge in [0, 0.05) is 29.5 Å². The predicted octanol–water partition coefficient (Wildman–Crippen LogP) is 4.68. The second kappa shape index (κ2) is 8.75. The Morgan fingerprint density at radius 1 is 1.12 bits per heavy atom. The summed E-state index contributed by atoms with van der Waals surface area (Å²) in [6, 6.07) is 13.7. The maximum absolute atomic E-state index is 12.8. The summed E-state index contributed by atoms with van der Waals surface area (Å²) in [5, 5.41) is 0. The topological polar surface area (TPSA) is 38.8 Å². The lowest BCUT2D eigenvalue weighted by molar-refractivity contribution is 0.0588. The van der Waals surface area contributed by atoms with Crippen LogP contribution >= 0.6 is 22.6 Å². The third-order valence-electron chi connectivity index (χ3n) is 4.59. The van der Waals surface area contributed by atoms with Crippen molar-refractivity contribution in [1.82, 2.24) is 4.90 Å². The van der Waals surface area contributed by atoms with Crippen LogP contribution in [0.3, 0.4) is 0 Å². The Morgan fingerprint density at radius 2 is 1.81 bits per heavy atom. The number of rotatable bonds is 5. The Balaban J connectivity index is 1.61. The van der Waals surface area contributed by atoms with E-state index in [0.717, 1.165) is 39.0 Å². The molecule has 1 amide bonds. The molecule has 1 aliphatic rings. The van der Waals surface area contributed by atoms with Gasteiger partial charge in [-0.15, -0.1) is 0 Å². The summed E-state index contributed by atoms with van der Waals surface area (Å²) < 4.78 is 12.8. The van der Waals surface area contributed by atoms with Crippen LogP contribution in [0.25, 0.3) is 0 Å². The molecule has 2 aromatic rings. The van der Waals surface area contributed by atoms with E-state index in [1.165, 1.54) is 0 Å².